The van der Waals surface area contributed by atoms with Crippen LogP contribution in [0.5, 0.6) is 11.5 Å². The fraction of sp³-hybridized carbons (Fsp3) is 0.183. The van der Waals surface area contributed by atoms with Crippen LogP contribution in [0, 0.1) is 26.2 Å². The molecule has 0 N–H and O–H groups in total. The smallest absolute Gasteiger partial charge is 0.509 e. The van der Waals surface area contributed by atoms with Gasteiger partial charge < -0.3 is 26.5 Å². The standard InChI is InChI=1S/C59H53N4O.CH3.Pt/c1-57(2,3)43-21-15-22-46(34-43)61-39-62(55-35-45(26-30-53(55)61)59(7,8)42-19-13-10-14-20-42)47-23-16-24-48(37-47)64-49-27-28-50-51-33-41(40-17-11-9-12-18-40)25-29-52(51)63(54(50)38-49)56-36-44(31-32-60-56)58(4,5)6;;/h9-36,39H,1-8H3;1H3;/q-3;-1;+4. The van der Waals surface area contributed by atoms with Gasteiger partial charge in [-0.25, -0.2) is 4.98 Å². The Kier molecular flexibility index (Phi) is 12.4. The number of rotatable bonds is 8. The molecule has 0 bridgehead atoms. The Morgan fingerprint density at radius 2 is 1.20 bits per heavy atom. The van der Waals surface area contributed by atoms with E-state index in [-0.39, 0.29) is 44.7 Å². The minimum absolute atomic E-state index is 0. The van der Waals surface area contributed by atoms with E-state index >= 15 is 0 Å². The first-order chi connectivity index (χ1) is 30.7. The number of pyridine rings is 1. The van der Waals surface area contributed by atoms with Gasteiger partial charge in [0.25, 0.3) is 0 Å². The van der Waals surface area contributed by atoms with E-state index in [0.29, 0.717) is 11.5 Å². The van der Waals surface area contributed by atoms with Crippen molar-refractivity contribution < 1.29 is 25.8 Å². The molecule has 0 atom stereocenters. The van der Waals surface area contributed by atoms with Crippen LogP contribution in [0.3, 0.4) is 0 Å². The Labute approximate surface area is 406 Å². The van der Waals surface area contributed by atoms with Crippen LogP contribution >= 0.6 is 0 Å². The van der Waals surface area contributed by atoms with E-state index in [1.165, 1.54) is 27.8 Å². The third kappa shape index (κ3) is 8.58. The average Bonchev–Trinajstić information content (AvgIpc) is 3.84. The maximum absolute atomic E-state index is 6.73. The normalized spacial score (nSPS) is 12.8. The molecule has 3 heterocycles. The maximum Gasteiger partial charge on any atom is 4.00 e. The van der Waals surface area contributed by atoms with Crippen LogP contribution in [0.25, 0.3) is 38.8 Å². The molecule has 6 heteroatoms. The number of hydrogen-bond acceptors (Lipinski definition) is 4. The number of fused-ring (bicyclic) bond motifs is 4. The first-order valence-corrected chi connectivity index (χ1v) is 22.2. The fourth-order valence-corrected chi connectivity index (χ4v) is 8.88. The first kappa shape index (κ1) is 46.1. The van der Waals surface area contributed by atoms with E-state index < -0.39 is 0 Å². The third-order valence-electron chi connectivity index (χ3n) is 12.8. The molecule has 0 saturated carbocycles. The SMILES string of the molecule is CC(C)(C)c1cccc(N2[CH-]N(c3[c-]c(Oc4[c-]c5c(cc4)c4cc(-c6ccccc6)ccc4n5-c4cc(C(C)(C)C)ccn4)ccc3)c3cc(C(C)(C)c4ccccc4)ccc32)c1.[CH3-].[Pt+4]. The van der Waals surface area contributed by atoms with Crippen LogP contribution in [-0.2, 0) is 37.3 Å². The van der Waals surface area contributed by atoms with Gasteiger partial charge in [0.2, 0.25) is 0 Å². The Hall–Kier alpha value is -6.42. The summed E-state index contributed by atoms with van der Waals surface area (Å²) in [5.41, 5.74) is 13.2. The molecule has 5 nitrogen and oxygen atoms in total. The van der Waals surface area contributed by atoms with Crippen LogP contribution in [0.4, 0.5) is 22.7 Å². The summed E-state index contributed by atoms with van der Waals surface area (Å²) in [6.07, 6.45) is 1.91. The summed E-state index contributed by atoms with van der Waals surface area (Å²) in [4.78, 5) is 9.45. The molecule has 0 fully saturated rings. The minimum Gasteiger partial charge on any atom is -0.509 e. The van der Waals surface area contributed by atoms with Gasteiger partial charge in [-0.1, -0.05) is 152 Å². The van der Waals surface area contributed by atoms with Crippen LogP contribution in [0.2, 0.25) is 0 Å². The molecular formula is C60H56N4OPt. The van der Waals surface area contributed by atoms with E-state index in [2.05, 4.69) is 234 Å². The van der Waals surface area contributed by atoms with Crippen LogP contribution in [0.15, 0.2) is 170 Å². The fourth-order valence-electron chi connectivity index (χ4n) is 8.88. The molecule has 2 aromatic heterocycles. The van der Waals surface area contributed by atoms with Gasteiger partial charge in [0, 0.05) is 45.7 Å². The molecule has 7 aromatic carbocycles. The van der Waals surface area contributed by atoms with E-state index in [1.54, 1.807) is 0 Å². The van der Waals surface area contributed by atoms with Crippen molar-refractivity contribution in [2.45, 2.75) is 71.6 Å². The van der Waals surface area contributed by atoms with Crippen molar-refractivity contribution in [2.24, 2.45) is 0 Å². The Morgan fingerprint density at radius 3 is 1.94 bits per heavy atom. The van der Waals surface area contributed by atoms with E-state index in [0.717, 1.165) is 55.9 Å². The molecule has 10 rings (SSSR count). The quantitative estimate of drug-likeness (QED) is 0.142. The summed E-state index contributed by atoms with van der Waals surface area (Å²) in [5, 5.41) is 2.21. The van der Waals surface area contributed by atoms with Crippen LogP contribution in [0.1, 0.15) is 77.6 Å². The minimum atomic E-state index is -0.222. The van der Waals surface area contributed by atoms with Crippen molar-refractivity contribution in [1.29, 1.82) is 0 Å². The van der Waals surface area contributed by atoms with Crippen molar-refractivity contribution >= 4 is 44.6 Å². The molecule has 0 amide bonds. The van der Waals surface area contributed by atoms with Crippen molar-refractivity contribution in [3.63, 3.8) is 0 Å². The number of hydrogen-bond donors (Lipinski definition) is 0. The first-order valence-electron chi connectivity index (χ1n) is 22.2. The molecule has 0 saturated heterocycles. The largest absolute Gasteiger partial charge is 4.00 e. The second kappa shape index (κ2) is 17.8. The average molecular weight is 1040 g/mol. The summed E-state index contributed by atoms with van der Waals surface area (Å²) < 4.78 is 8.95. The molecule has 0 unspecified atom stereocenters. The number of anilines is 4. The van der Waals surface area contributed by atoms with Crippen LogP contribution in [-0.4, -0.2) is 9.55 Å². The van der Waals surface area contributed by atoms with Crippen molar-refractivity contribution in [3.8, 4) is 28.4 Å². The molecule has 1 aliphatic rings. The summed E-state index contributed by atoms with van der Waals surface area (Å²) in [5.74, 6) is 2.04. The van der Waals surface area contributed by atoms with Gasteiger partial charge >= 0.3 is 21.1 Å². The molecule has 332 valence electrons. The number of benzene rings is 7. The predicted octanol–water partition coefficient (Wildman–Crippen LogP) is 16.0. The summed E-state index contributed by atoms with van der Waals surface area (Å²) in [6.45, 7) is 20.3. The monoisotopic (exact) mass is 1040 g/mol. The Morgan fingerprint density at radius 1 is 0.515 bits per heavy atom. The van der Waals surface area contributed by atoms with Gasteiger partial charge in [-0.15, -0.1) is 48.1 Å². The van der Waals surface area contributed by atoms with Gasteiger partial charge in [0.1, 0.15) is 5.82 Å². The van der Waals surface area contributed by atoms with Gasteiger partial charge in [-0.05, 0) is 92.1 Å². The Bertz CT molecular complexity index is 3180. The zero-order chi connectivity index (χ0) is 44.4. The van der Waals surface area contributed by atoms with E-state index in [9.17, 15) is 0 Å². The van der Waals surface area contributed by atoms with E-state index in [4.69, 9.17) is 9.72 Å². The molecule has 1 aliphatic heterocycles. The Balaban J connectivity index is 0.00000296. The molecule has 0 spiro atoms. The van der Waals surface area contributed by atoms with Crippen molar-refractivity contribution in [3.05, 3.63) is 218 Å². The van der Waals surface area contributed by atoms with E-state index in [1.807, 2.05) is 24.4 Å². The third-order valence-corrected chi connectivity index (χ3v) is 12.8. The summed E-state index contributed by atoms with van der Waals surface area (Å²) >= 11 is 0. The van der Waals surface area contributed by atoms with Crippen LogP contribution < -0.4 is 14.5 Å². The van der Waals surface area contributed by atoms with Gasteiger partial charge in [-0.3, -0.25) is 0 Å². The second-order valence-corrected chi connectivity index (χ2v) is 19.5. The summed E-state index contributed by atoms with van der Waals surface area (Å²) in [6, 6.07) is 65.6. The molecular weight excluding hydrogens is 988 g/mol. The zero-order valence-corrected chi connectivity index (χ0v) is 41.5. The van der Waals surface area contributed by atoms with Crippen molar-refractivity contribution in [2.75, 3.05) is 9.80 Å². The molecule has 0 radical (unpaired) electrons. The molecule has 0 aliphatic carbocycles. The van der Waals surface area contributed by atoms with Gasteiger partial charge in [0.15, 0.2) is 0 Å². The number of aromatic nitrogens is 2. The topological polar surface area (TPSA) is 33.5 Å². The second-order valence-electron chi connectivity index (χ2n) is 19.5. The predicted molar refractivity (Wildman–Crippen MR) is 272 cm³/mol. The number of nitrogens with zero attached hydrogens (tertiary/aromatic N) is 4. The zero-order valence-electron chi connectivity index (χ0n) is 39.3. The van der Waals surface area contributed by atoms with Crippen molar-refractivity contribution in [1.82, 2.24) is 9.55 Å². The van der Waals surface area contributed by atoms with Gasteiger partial charge in [-0.2, -0.15) is 12.1 Å². The molecule has 9 aromatic rings. The summed E-state index contributed by atoms with van der Waals surface area (Å²) in [7, 11) is 0. The maximum atomic E-state index is 6.73. The van der Waals surface area contributed by atoms with Gasteiger partial charge in [0.05, 0.1) is 0 Å². The molecule has 66 heavy (non-hydrogen) atoms. The number of ether oxygens (including phenoxy) is 1.